The van der Waals surface area contributed by atoms with Crippen LogP contribution in [0.2, 0.25) is 0 Å². The molecule has 1 aliphatic rings. The second-order valence-electron chi connectivity index (χ2n) is 3.67. The van der Waals surface area contributed by atoms with Crippen molar-refractivity contribution in [2.45, 2.75) is 38.6 Å². The topological polar surface area (TPSA) is 46.2 Å². The summed E-state index contributed by atoms with van der Waals surface area (Å²) in [6, 6.07) is 0.160. The van der Waals surface area contributed by atoms with Gasteiger partial charge in [0.25, 0.3) is 0 Å². The van der Waals surface area contributed by atoms with E-state index in [4.69, 9.17) is 0 Å². The molecular weight excluding hydrogens is 174 g/mol. The monoisotopic (exact) mass is 191 g/mol. The summed E-state index contributed by atoms with van der Waals surface area (Å²) in [5, 5.41) is 0. The van der Waals surface area contributed by atoms with Crippen molar-refractivity contribution in [3.63, 3.8) is 0 Å². The molecule has 1 N–H and O–H groups in total. The molecule has 72 valence electrons. The van der Waals surface area contributed by atoms with Gasteiger partial charge in [-0.3, -0.25) is 0 Å². The molecular formula is C8H17NO2S. The standard InChI is InChI=1S/C8H17NO2S/c1-3-8(6-7-4-5-7)9-12(2,10)11/h7-9H,3-6H2,1-2H3. The highest BCUT2D eigenvalue weighted by Crippen LogP contribution is 2.34. The molecule has 4 heteroatoms. The molecule has 0 heterocycles. The quantitative estimate of drug-likeness (QED) is 0.707. The van der Waals surface area contributed by atoms with Crippen LogP contribution >= 0.6 is 0 Å². The number of nitrogens with one attached hydrogen (secondary N) is 1. The van der Waals surface area contributed by atoms with Gasteiger partial charge in [-0.05, 0) is 18.8 Å². The van der Waals surface area contributed by atoms with Crippen LogP contribution in [0.4, 0.5) is 0 Å². The Balaban J connectivity index is 2.33. The fourth-order valence-corrected chi connectivity index (χ4v) is 2.23. The first kappa shape index (κ1) is 9.99. The van der Waals surface area contributed by atoms with E-state index in [0.717, 1.165) is 18.8 Å². The average Bonchev–Trinajstić information content (AvgIpc) is 2.67. The highest BCUT2D eigenvalue weighted by Gasteiger charge is 2.25. The Morgan fingerprint density at radius 1 is 1.50 bits per heavy atom. The van der Waals surface area contributed by atoms with Crippen LogP contribution in [0, 0.1) is 5.92 Å². The lowest BCUT2D eigenvalue weighted by molar-refractivity contribution is 0.498. The molecule has 12 heavy (non-hydrogen) atoms. The van der Waals surface area contributed by atoms with Crippen LogP contribution in [0.25, 0.3) is 0 Å². The first-order valence-corrected chi connectivity index (χ1v) is 6.37. The van der Waals surface area contributed by atoms with Crippen molar-refractivity contribution >= 4 is 10.0 Å². The predicted octanol–water partition coefficient (Wildman–Crippen LogP) is 1.11. The minimum Gasteiger partial charge on any atom is -0.213 e. The van der Waals surface area contributed by atoms with Gasteiger partial charge in [-0.1, -0.05) is 19.8 Å². The van der Waals surface area contributed by atoms with E-state index >= 15 is 0 Å². The molecule has 1 rings (SSSR count). The molecule has 1 atom stereocenters. The van der Waals surface area contributed by atoms with Gasteiger partial charge in [-0.25, -0.2) is 13.1 Å². The maximum absolute atomic E-state index is 10.9. The van der Waals surface area contributed by atoms with Crippen LogP contribution in [-0.4, -0.2) is 20.7 Å². The van der Waals surface area contributed by atoms with E-state index < -0.39 is 10.0 Å². The molecule has 3 nitrogen and oxygen atoms in total. The minimum absolute atomic E-state index is 0.160. The summed E-state index contributed by atoms with van der Waals surface area (Å²) in [4.78, 5) is 0. The lowest BCUT2D eigenvalue weighted by Gasteiger charge is -2.14. The maximum Gasteiger partial charge on any atom is 0.208 e. The number of rotatable bonds is 5. The Hall–Kier alpha value is -0.0900. The van der Waals surface area contributed by atoms with Crippen LogP contribution in [0.15, 0.2) is 0 Å². The van der Waals surface area contributed by atoms with E-state index in [0.29, 0.717) is 0 Å². The summed E-state index contributed by atoms with van der Waals surface area (Å²) in [5.41, 5.74) is 0. The molecule has 0 aromatic carbocycles. The summed E-state index contributed by atoms with van der Waals surface area (Å²) >= 11 is 0. The Bertz CT molecular complexity index is 231. The zero-order chi connectivity index (χ0) is 9.19. The SMILES string of the molecule is CCC(CC1CC1)NS(C)(=O)=O. The van der Waals surface area contributed by atoms with Gasteiger partial charge in [0.05, 0.1) is 6.26 Å². The number of hydrogen-bond acceptors (Lipinski definition) is 2. The van der Waals surface area contributed by atoms with Gasteiger partial charge < -0.3 is 0 Å². The molecule has 0 saturated heterocycles. The fourth-order valence-electron chi connectivity index (χ4n) is 1.36. The van der Waals surface area contributed by atoms with Crippen LogP contribution in [0.1, 0.15) is 32.6 Å². The third-order valence-corrected chi connectivity index (χ3v) is 2.95. The van der Waals surface area contributed by atoms with E-state index in [1.54, 1.807) is 0 Å². The zero-order valence-electron chi connectivity index (χ0n) is 7.71. The molecule has 1 unspecified atom stereocenters. The van der Waals surface area contributed by atoms with Gasteiger partial charge in [-0.15, -0.1) is 0 Å². The first-order chi connectivity index (χ1) is 5.51. The Morgan fingerprint density at radius 3 is 2.42 bits per heavy atom. The predicted molar refractivity (Wildman–Crippen MR) is 49.4 cm³/mol. The van der Waals surface area contributed by atoms with Crippen molar-refractivity contribution in [2.24, 2.45) is 5.92 Å². The van der Waals surface area contributed by atoms with E-state index in [9.17, 15) is 8.42 Å². The van der Waals surface area contributed by atoms with Gasteiger partial charge in [0.2, 0.25) is 10.0 Å². The van der Waals surface area contributed by atoms with E-state index in [1.807, 2.05) is 6.92 Å². The summed E-state index contributed by atoms with van der Waals surface area (Å²) in [7, 11) is -3.00. The van der Waals surface area contributed by atoms with Gasteiger partial charge in [0.1, 0.15) is 0 Å². The third-order valence-electron chi connectivity index (χ3n) is 2.19. The molecule has 1 saturated carbocycles. The molecule has 0 spiro atoms. The Morgan fingerprint density at radius 2 is 2.08 bits per heavy atom. The highest BCUT2D eigenvalue weighted by atomic mass is 32.2. The third kappa shape index (κ3) is 4.07. The molecule has 0 aliphatic heterocycles. The van der Waals surface area contributed by atoms with Gasteiger partial charge >= 0.3 is 0 Å². The van der Waals surface area contributed by atoms with Crippen LogP contribution in [0.5, 0.6) is 0 Å². The van der Waals surface area contributed by atoms with Crippen molar-refractivity contribution in [3.8, 4) is 0 Å². The van der Waals surface area contributed by atoms with Gasteiger partial charge in [0.15, 0.2) is 0 Å². The molecule has 1 aliphatic carbocycles. The van der Waals surface area contributed by atoms with Crippen molar-refractivity contribution in [1.82, 2.24) is 4.72 Å². The summed E-state index contributed by atoms with van der Waals surface area (Å²) < 4.78 is 24.4. The van der Waals surface area contributed by atoms with Crippen LogP contribution in [0.3, 0.4) is 0 Å². The van der Waals surface area contributed by atoms with Gasteiger partial charge in [-0.2, -0.15) is 0 Å². The van der Waals surface area contributed by atoms with E-state index in [-0.39, 0.29) is 6.04 Å². The van der Waals surface area contributed by atoms with Crippen LogP contribution in [-0.2, 0) is 10.0 Å². The second kappa shape index (κ2) is 3.75. The lowest BCUT2D eigenvalue weighted by Crippen LogP contribution is -2.33. The Labute approximate surface area is 74.6 Å². The second-order valence-corrected chi connectivity index (χ2v) is 5.45. The molecule has 1 fully saturated rings. The van der Waals surface area contributed by atoms with Crippen molar-refractivity contribution in [2.75, 3.05) is 6.26 Å². The fraction of sp³-hybridized carbons (Fsp3) is 1.00. The average molecular weight is 191 g/mol. The summed E-state index contributed by atoms with van der Waals surface area (Å²) in [6.45, 7) is 2.02. The molecule has 0 bridgehead atoms. The van der Waals surface area contributed by atoms with E-state index in [2.05, 4.69) is 4.72 Å². The molecule has 0 aromatic heterocycles. The smallest absolute Gasteiger partial charge is 0.208 e. The lowest BCUT2D eigenvalue weighted by atomic mass is 10.1. The highest BCUT2D eigenvalue weighted by molar-refractivity contribution is 7.88. The Kier molecular flexibility index (Phi) is 3.12. The molecule has 0 amide bonds. The van der Waals surface area contributed by atoms with Crippen molar-refractivity contribution in [3.05, 3.63) is 0 Å². The molecule has 0 aromatic rings. The van der Waals surface area contributed by atoms with Crippen LogP contribution < -0.4 is 4.72 Å². The minimum atomic E-state index is -3.00. The van der Waals surface area contributed by atoms with Gasteiger partial charge in [0, 0.05) is 6.04 Å². The summed E-state index contributed by atoms with van der Waals surface area (Å²) in [5.74, 6) is 0.782. The van der Waals surface area contributed by atoms with E-state index in [1.165, 1.54) is 19.1 Å². The molecule has 0 radical (unpaired) electrons. The first-order valence-electron chi connectivity index (χ1n) is 4.48. The zero-order valence-corrected chi connectivity index (χ0v) is 8.52. The summed E-state index contributed by atoms with van der Waals surface area (Å²) in [6.07, 6.45) is 5.69. The maximum atomic E-state index is 10.9. The van der Waals surface area contributed by atoms with Crippen molar-refractivity contribution in [1.29, 1.82) is 0 Å². The normalized spacial score (nSPS) is 20.8. The van der Waals surface area contributed by atoms with Crippen molar-refractivity contribution < 1.29 is 8.42 Å². The number of hydrogen-bond donors (Lipinski definition) is 1. The number of sulfonamides is 1. The largest absolute Gasteiger partial charge is 0.213 e.